The first-order valence-electron chi connectivity index (χ1n) is 7.06. The average Bonchev–Trinajstić information content (AvgIpc) is 2.47. The molecule has 0 heterocycles. The number of hydrogen-bond donors (Lipinski definition) is 1. The molecule has 1 N–H and O–H groups in total. The van der Waals surface area contributed by atoms with E-state index in [1.54, 1.807) is 25.2 Å². The first kappa shape index (κ1) is 17.7. The van der Waals surface area contributed by atoms with E-state index in [0.717, 1.165) is 24.0 Å². The van der Waals surface area contributed by atoms with Crippen molar-refractivity contribution in [3.63, 3.8) is 0 Å². The summed E-state index contributed by atoms with van der Waals surface area (Å²) >= 11 is 0. The summed E-state index contributed by atoms with van der Waals surface area (Å²) < 4.78 is 26.7. The minimum atomic E-state index is -3.49. The van der Waals surface area contributed by atoms with Gasteiger partial charge in [-0.25, -0.2) is 8.42 Å². The molecule has 0 aliphatic carbocycles. The molecule has 1 aromatic carbocycles. The molecule has 116 valence electrons. The number of aliphatic hydroxyl groups is 1. The summed E-state index contributed by atoms with van der Waals surface area (Å²) in [6.07, 6.45) is 1.57. The molecule has 0 aliphatic heterocycles. The highest BCUT2D eigenvalue weighted by Crippen LogP contribution is 2.21. The third kappa shape index (κ3) is 4.07. The molecule has 0 unspecified atom stereocenters. The molecule has 0 aliphatic rings. The van der Waals surface area contributed by atoms with Crippen LogP contribution in [0.25, 0.3) is 0 Å². The zero-order valence-electron chi connectivity index (χ0n) is 13.0. The maximum atomic E-state index is 12.6. The lowest BCUT2D eigenvalue weighted by Gasteiger charge is -2.25. The minimum absolute atomic E-state index is 0.00385. The van der Waals surface area contributed by atoms with E-state index in [1.807, 2.05) is 20.8 Å². The summed E-state index contributed by atoms with van der Waals surface area (Å²) in [4.78, 5) is 0.281. The van der Waals surface area contributed by atoms with Gasteiger partial charge < -0.3 is 5.11 Å². The molecule has 0 fully saturated rings. The van der Waals surface area contributed by atoms with Crippen molar-refractivity contribution in [2.24, 2.45) is 0 Å². The molecule has 1 aromatic rings. The Hall–Kier alpha value is -1.35. The van der Waals surface area contributed by atoms with Crippen LogP contribution in [0, 0.1) is 18.8 Å². The smallest absolute Gasteiger partial charge is 0.243 e. The Morgan fingerprint density at radius 2 is 1.90 bits per heavy atom. The average molecular weight is 309 g/mol. The summed E-state index contributed by atoms with van der Waals surface area (Å²) in [6.45, 7) is 5.58. The van der Waals surface area contributed by atoms with Crippen LogP contribution in [0.3, 0.4) is 0 Å². The van der Waals surface area contributed by atoms with Gasteiger partial charge in [-0.2, -0.15) is 4.31 Å². The van der Waals surface area contributed by atoms with Gasteiger partial charge in [0, 0.05) is 18.7 Å². The fourth-order valence-electron chi connectivity index (χ4n) is 2.24. The zero-order chi connectivity index (χ0) is 16.0. The largest absolute Gasteiger partial charge is 0.384 e. The summed E-state index contributed by atoms with van der Waals surface area (Å²) in [5.74, 6) is 5.38. The van der Waals surface area contributed by atoms with Crippen molar-refractivity contribution in [3.8, 4) is 11.8 Å². The molecule has 0 amide bonds. The van der Waals surface area contributed by atoms with Crippen LogP contribution in [0.15, 0.2) is 23.1 Å². The number of nitrogens with zero attached hydrogens (tertiary/aromatic N) is 1. The van der Waals surface area contributed by atoms with Crippen molar-refractivity contribution in [2.45, 2.75) is 44.6 Å². The molecule has 0 saturated carbocycles. The van der Waals surface area contributed by atoms with Gasteiger partial charge in [-0.3, -0.25) is 0 Å². The predicted octanol–water partition coefficient (Wildman–Crippen LogP) is 2.15. The van der Waals surface area contributed by atoms with E-state index in [9.17, 15) is 8.42 Å². The van der Waals surface area contributed by atoms with Crippen molar-refractivity contribution in [3.05, 3.63) is 29.3 Å². The predicted molar refractivity (Wildman–Crippen MR) is 84.5 cm³/mol. The number of rotatable bonds is 5. The molecule has 0 spiro atoms. The quantitative estimate of drug-likeness (QED) is 0.848. The van der Waals surface area contributed by atoms with Gasteiger partial charge in [0.05, 0.1) is 4.90 Å². The molecule has 0 aromatic heterocycles. The summed E-state index contributed by atoms with van der Waals surface area (Å²) in [5, 5.41) is 8.71. The molecule has 21 heavy (non-hydrogen) atoms. The van der Waals surface area contributed by atoms with Crippen LogP contribution in [0.1, 0.15) is 37.8 Å². The molecule has 1 rings (SSSR count). The number of aliphatic hydroxyl groups excluding tert-OH is 1. The lowest BCUT2D eigenvalue weighted by Crippen LogP contribution is -2.36. The van der Waals surface area contributed by atoms with Crippen LogP contribution in [0.2, 0.25) is 0 Å². The summed E-state index contributed by atoms with van der Waals surface area (Å²) in [6, 6.07) is 4.90. The molecular weight excluding hydrogens is 286 g/mol. The lowest BCUT2D eigenvalue weighted by atomic mass is 10.1. The van der Waals surface area contributed by atoms with Gasteiger partial charge in [0.2, 0.25) is 10.0 Å². The zero-order valence-corrected chi connectivity index (χ0v) is 13.9. The number of hydrogen-bond acceptors (Lipinski definition) is 3. The Kier molecular flexibility index (Phi) is 6.41. The van der Waals surface area contributed by atoms with Gasteiger partial charge in [-0.1, -0.05) is 25.7 Å². The van der Waals surface area contributed by atoms with Crippen LogP contribution in [0.5, 0.6) is 0 Å². The Morgan fingerprint density at radius 1 is 1.29 bits per heavy atom. The second-order valence-electron chi connectivity index (χ2n) is 4.93. The van der Waals surface area contributed by atoms with Crippen molar-refractivity contribution in [1.29, 1.82) is 0 Å². The van der Waals surface area contributed by atoms with Crippen molar-refractivity contribution < 1.29 is 13.5 Å². The second-order valence-corrected chi connectivity index (χ2v) is 6.93. The van der Waals surface area contributed by atoms with E-state index < -0.39 is 10.0 Å². The van der Waals surface area contributed by atoms with Gasteiger partial charge in [0.1, 0.15) is 6.61 Å². The van der Waals surface area contributed by atoms with Crippen molar-refractivity contribution in [1.82, 2.24) is 4.31 Å². The van der Waals surface area contributed by atoms with Crippen LogP contribution in [-0.2, 0) is 10.0 Å². The number of sulfonamides is 1. The van der Waals surface area contributed by atoms with Crippen LogP contribution < -0.4 is 0 Å². The molecule has 0 atom stereocenters. The van der Waals surface area contributed by atoms with Crippen LogP contribution in [-0.4, -0.2) is 37.5 Å². The highest BCUT2D eigenvalue weighted by atomic mass is 32.2. The molecule has 0 radical (unpaired) electrons. The van der Waals surface area contributed by atoms with Gasteiger partial charge >= 0.3 is 0 Å². The van der Waals surface area contributed by atoms with E-state index in [-0.39, 0.29) is 17.5 Å². The maximum absolute atomic E-state index is 12.6. The van der Waals surface area contributed by atoms with Crippen LogP contribution in [0.4, 0.5) is 0 Å². The van der Waals surface area contributed by atoms with Gasteiger partial charge in [-0.05, 0) is 43.5 Å². The molecular formula is C16H23NO3S. The van der Waals surface area contributed by atoms with Gasteiger partial charge in [0.15, 0.2) is 0 Å². The third-order valence-electron chi connectivity index (χ3n) is 3.63. The maximum Gasteiger partial charge on any atom is 0.243 e. The van der Waals surface area contributed by atoms with Crippen molar-refractivity contribution in [2.75, 3.05) is 13.7 Å². The van der Waals surface area contributed by atoms with Crippen LogP contribution >= 0.6 is 0 Å². The molecule has 4 nitrogen and oxygen atoms in total. The fourth-order valence-corrected chi connectivity index (χ4v) is 3.83. The second kappa shape index (κ2) is 7.60. The third-order valence-corrected chi connectivity index (χ3v) is 5.54. The molecule has 0 bridgehead atoms. The van der Waals surface area contributed by atoms with E-state index in [0.29, 0.717) is 0 Å². The monoisotopic (exact) mass is 309 g/mol. The number of aryl methyl sites for hydroxylation is 1. The van der Waals surface area contributed by atoms with E-state index in [1.165, 1.54) is 4.31 Å². The Bertz CT molecular complexity index is 637. The normalized spacial score (nSPS) is 11.6. The lowest BCUT2D eigenvalue weighted by molar-refractivity contribution is 0.349. The topological polar surface area (TPSA) is 57.6 Å². The summed E-state index contributed by atoms with van der Waals surface area (Å²) in [5.41, 5.74) is 1.52. The Labute approximate surface area is 127 Å². The highest BCUT2D eigenvalue weighted by molar-refractivity contribution is 7.89. The Morgan fingerprint density at radius 3 is 2.38 bits per heavy atom. The standard InChI is InChI=1S/C16H23NO3S/c1-5-15(6-2)17(4)21(19,20)16-10-9-14(8-7-11-18)13(3)12-16/h9-10,12,15,18H,5-6,11H2,1-4H3. The van der Waals surface area contributed by atoms with E-state index in [2.05, 4.69) is 11.8 Å². The highest BCUT2D eigenvalue weighted by Gasteiger charge is 2.26. The fraction of sp³-hybridized carbons (Fsp3) is 0.500. The first-order valence-corrected chi connectivity index (χ1v) is 8.50. The molecule has 0 saturated heterocycles. The summed E-state index contributed by atoms with van der Waals surface area (Å²) in [7, 11) is -1.86. The Balaban J connectivity index is 3.18. The first-order chi connectivity index (χ1) is 9.88. The minimum Gasteiger partial charge on any atom is -0.384 e. The SMILES string of the molecule is CCC(CC)N(C)S(=O)(=O)c1ccc(C#CCO)c(C)c1. The van der Waals surface area contributed by atoms with E-state index >= 15 is 0 Å². The molecule has 5 heteroatoms. The number of benzene rings is 1. The van der Waals surface area contributed by atoms with Crippen molar-refractivity contribution >= 4 is 10.0 Å². The van der Waals surface area contributed by atoms with Gasteiger partial charge in [0.25, 0.3) is 0 Å². The van der Waals surface area contributed by atoms with Gasteiger partial charge in [-0.15, -0.1) is 0 Å². The van der Waals surface area contributed by atoms with E-state index in [4.69, 9.17) is 5.11 Å².